The minimum atomic E-state index is -1.11. The number of halogens is 1. The fourth-order valence-electron chi connectivity index (χ4n) is 2.62. The average molecular weight is 362 g/mol. The number of benzene rings is 2. The molecule has 0 aliphatic heterocycles. The van der Waals surface area contributed by atoms with E-state index in [2.05, 4.69) is 5.32 Å². The van der Waals surface area contributed by atoms with E-state index in [1.54, 1.807) is 30.3 Å². The largest absolute Gasteiger partial charge is 0.495 e. The van der Waals surface area contributed by atoms with Crippen LogP contribution in [0.3, 0.4) is 0 Å². The first-order valence-corrected chi connectivity index (χ1v) is 8.12. The van der Waals surface area contributed by atoms with Crippen molar-refractivity contribution in [1.82, 2.24) is 5.32 Å². The smallest absolute Gasteiger partial charge is 0.326 e. The van der Waals surface area contributed by atoms with Crippen LogP contribution in [0.4, 0.5) is 0 Å². The van der Waals surface area contributed by atoms with Crippen LogP contribution in [0, 0.1) is 13.8 Å². The first kappa shape index (κ1) is 18.8. The highest BCUT2D eigenvalue weighted by Gasteiger charge is 2.22. The van der Waals surface area contributed by atoms with Crippen molar-refractivity contribution in [1.29, 1.82) is 0 Å². The fourth-order valence-corrected chi connectivity index (χ4v) is 2.90. The van der Waals surface area contributed by atoms with Crippen molar-refractivity contribution in [2.45, 2.75) is 26.3 Å². The van der Waals surface area contributed by atoms with E-state index in [9.17, 15) is 14.7 Å². The molecule has 1 atom stereocenters. The summed E-state index contributed by atoms with van der Waals surface area (Å²) in [6, 6.07) is 9.38. The van der Waals surface area contributed by atoms with Crippen LogP contribution in [0.15, 0.2) is 36.4 Å². The van der Waals surface area contributed by atoms with Gasteiger partial charge in [0.15, 0.2) is 0 Å². The Hall–Kier alpha value is -2.53. The highest BCUT2D eigenvalue weighted by molar-refractivity contribution is 6.32. The van der Waals surface area contributed by atoms with Gasteiger partial charge < -0.3 is 15.2 Å². The average Bonchev–Trinajstić information content (AvgIpc) is 2.53. The van der Waals surface area contributed by atoms with Crippen LogP contribution in [-0.4, -0.2) is 30.1 Å². The summed E-state index contributed by atoms with van der Waals surface area (Å²) in [6.45, 7) is 3.77. The second kappa shape index (κ2) is 8.03. The highest BCUT2D eigenvalue weighted by atomic mass is 35.5. The molecule has 0 saturated heterocycles. The van der Waals surface area contributed by atoms with E-state index >= 15 is 0 Å². The number of carboxylic acids is 1. The number of hydrogen-bond donors (Lipinski definition) is 2. The van der Waals surface area contributed by atoms with Gasteiger partial charge in [-0.25, -0.2) is 4.79 Å². The molecule has 0 unspecified atom stereocenters. The SMILES string of the molecule is COc1ccc(C[C@@H](NC(=O)c2cc(C)cc(C)c2)C(=O)O)cc1Cl. The molecule has 0 bridgehead atoms. The number of aliphatic carboxylic acids is 1. The van der Waals surface area contributed by atoms with E-state index in [1.165, 1.54) is 7.11 Å². The summed E-state index contributed by atoms with van der Waals surface area (Å²) in [4.78, 5) is 23.9. The third-order valence-corrected chi connectivity index (χ3v) is 4.04. The van der Waals surface area contributed by atoms with E-state index in [-0.39, 0.29) is 6.42 Å². The number of nitrogens with one attached hydrogen (secondary N) is 1. The molecule has 0 fully saturated rings. The molecular weight excluding hydrogens is 342 g/mol. The maximum absolute atomic E-state index is 12.4. The number of aryl methyl sites for hydroxylation is 2. The summed E-state index contributed by atoms with van der Waals surface area (Å²) < 4.78 is 5.08. The van der Waals surface area contributed by atoms with Crippen molar-refractivity contribution in [2.75, 3.05) is 7.11 Å². The van der Waals surface area contributed by atoms with Gasteiger partial charge in [0.2, 0.25) is 0 Å². The highest BCUT2D eigenvalue weighted by Crippen LogP contribution is 2.25. The van der Waals surface area contributed by atoms with Gasteiger partial charge >= 0.3 is 5.97 Å². The molecule has 0 heterocycles. The predicted octanol–water partition coefficient (Wildman–Crippen LogP) is 3.39. The van der Waals surface area contributed by atoms with E-state index in [0.29, 0.717) is 21.9 Å². The van der Waals surface area contributed by atoms with Crippen LogP contribution in [0.25, 0.3) is 0 Å². The molecular formula is C19H20ClNO4. The van der Waals surface area contributed by atoms with E-state index in [1.807, 2.05) is 19.9 Å². The second-order valence-electron chi connectivity index (χ2n) is 5.91. The lowest BCUT2D eigenvalue weighted by Crippen LogP contribution is -2.42. The number of amides is 1. The van der Waals surface area contributed by atoms with Crippen LogP contribution in [-0.2, 0) is 11.2 Å². The predicted molar refractivity (Wildman–Crippen MR) is 96.5 cm³/mol. The van der Waals surface area contributed by atoms with Gasteiger partial charge in [-0.05, 0) is 43.7 Å². The van der Waals surface area contributed by atoms with Crippen molar-refractivity contribution in [3.05, 3.63) is 63.7 Å². The monoisotopic (exact) mass is 361 g/mol. The van der Waals surface area contributed by atoms with Gasteiger partial charge in [0, 0.05) is 12.0 Å². The second-order valence-corrected chi connectivity index (χ2v) is 6.32. The quantitative estimate of drug-likeness (QED) is 0.826. The summed E-state index contributed by atoms with van der Waals surface area (Å²) in [6.07, 6.45) is 0.121. The Balaban J connectivity index is 2.16. The lowest BCUT2D eigenvalue weighted by Gasteiger charge is -2.16. The number of carbonyl (C=O) groups excluding carboxylic acids is 1. The van der Waals surface area contributed by atoms with Crippen LogP contribution in [0.1, 0.15) is 27.0 Å². The number of methoxy groups -OCH3 is 1. The zero-order valence-corrected chi connectivity index (χ0v) is 15.1. The molecule has 25 heavy (non-hydrogen) atoms. The first-order chi connectivity index (χ1) is 11.8. The first-order valence-electron chi connectivity index (χ1n) is 7.74. The van der Waals surface area contributed by atoms with Crippen molar-refractivity contribution >= 4 is 23.5 Å². The molecule has 0 aliphatic carbocycles. The van der Waals surface area contributed by atoms with Gasteiger partial charge in [-0.2, -0.15) is 0 Å². The summed E-state index contributed by atoms with van der Waals surface area (Å²) in [5.41, 5.74) is 3.02. The van der Waals surface area contributed by atoms with Gasteiger partial charge in [0.25, 0.3) is 5.91 Å². The van der Waals surface area contributed by atoms with Crippen molar-refractivity contribution in [3.8, 4) is 5.75 Å². The summed E-state index contributed by atoms with van der Waals surface area (Å²) in [7, 11) is 1.50. The number of ether oxygens (including phenoxy) is 1. The van der Waals surface area contributed by atoms with Gasteiger partial charge in [0.05, 0.1) is 12.1 Å². The number of carboxylic acid groups (broad SMARTS) is 1. The third-order valence-electron chi connectivity index (χ3n) is 3.74. The van der Waals surface area contributed by atoms with Crippen LogP contribution >= 0.6 is 11.6 Å². The maximum Gasteiger partial charge on any atom is 0.326 e. The molecule has 0 radical (unpaired) electrons. The minimum Gasteiger partial charge on any atom is -0.495 e. The van der Waals surface area contributed by atoms with Crippen molar-refractivity contribution in [2.24, 2.45) is 0 Å². The van der Waals surface area contributed by atoms with Gasteiger partial charge in [-0.1, -0.05) is 34.9 Å². The molecule has 0 aromatic heterocycles. The summed E-state index contributed by atoms with van der Waals surface area (Å²) in [5, 5.41) is 12.4. The van der Waals surface area contributed by atoms with Crippen molar-refractivity contribution < 1.29 is 19.4 Å². The molecule has 2 aromatic rings. The Bertz CT molecular complexity index is 784. The zero-order valence-electron chi connectivity index (χ0n) is 14.3. The lowest BCUT2D eigenvalue weighted by molar-refractivity contribution is -0.139. The van der Waals surface area contributed by atoms with Gasteiger partial charge in [-0.15, -0.1) is 0 Å². The Kier molecular flexibility index (Phi) is 6.04. The molecule has 6 heteroatoms. The Morgan fingerprint density at radius 1 is 1.16 bits per heavy atom. The molecule has 132 valence electrons. The minimum absolute atomic E-state index is 0.121. The van der Waals surface area contributed by atoms with E-state index in [0.717, 1.165) is 11.1 Å². The van der Waals surface area contributed by atoms with E-state index in [4.69, 9.17) is 16.3 Å². The Morgan fingerprint density at radius 3 is 2.32 bits per heavy atom. The maximum atomic E-state index is 12.4. The van der Waals surface area contributed by atoms with Crippen molar-refractivity contribution in [3.63, 3.8) is 0 Å². The summed E-state index contributed by atoms with van der Waals surface area (Å²) >= 11 is 6.07. The molecule has 1 amide bonds. The molecule has 0 aliphatic rings. The summed E-state index contributed by atoms with van der Waals surface area (Å²) in [5.74, 6) is -1.01. The van der Waals surface area contributed by atoms with Gasteiger partial charge in [-0.3, -0.25) is 4.79 Å². The number of carbonyl (C=O) groups is 2. The van der Waals surface area contributed by atoms with Crippen LogP contribution in [0.2, 0.25) is 5.02 Å². The molecule has 2 N–H and O–H groups in total. The zero-order chi connectivity index (χ0) is 18.6. The molecule has 5 nitrogen and oxygen atoms in total. The fraction of sp³-hybridized carbons (Fsp3) is 0.263. The Labute approximate surface area is 151 Å². The molecule has 0 spiro atoms. The molecule has 0 saturated carbocycles. The Morgan fingerprint density at radius 2 is 1.80 bits per heavy atom. The van der Waals surface area contributed by atoms with Gasteiger partial charge in [0.1, 0.15) is 11.8 Å². The standard InChI is InChI=1S/C19H20ClNO4/c1-11-6-12(2)8-14(7-11)18(22)21-16(19(23)24)10-13-4-5-17(25-3)15(20)9-13/h4-9,16H,10H2,1-3H3,(H,21,22)(H,23,24)/t16-/m1/s1. The normalized spacial score (nSPS) is 11.7. The molecule has 2 rings (SSSR count). The topological polar surface area (TPSA) is 75.6 Å². The third kappa shape index (κ3) is 4.97. The number of rotatable bonds is 6. The van der Waals surface area contributed by atoms with Crippen LogP contribution in [0.5, 0.6) is 5.75 Å². The number of hydrogen-bond acceptors (Lipinski definition) is 3. The molecule has 2 aromatic carbocycles. The van der Waals surface area contributed by atoms with E-state index < -0.39 is 17.9 Å². The van der Waals surface area contributed by atoms with Crippen LogP contribution < -0.4 is 10.1 Å². The lowest BCUT2D eigenvalue weighted by atomic mass is 10.0.